The van der Waals surface area contributed by atoms with Crippen molar-refractivity contribution in [2.45, 2.75) is 71.1 Å². The highest BCUT2D eigenvalue weighted by Crippen LogP contribution is 2.60. The minimum absolute atomic E-state index is 0.0221. The fourth-order valence-corrected chi connectivity index (χ4v) is 6.48. The van der Waals surface area contributed by atoms with Crippen LogP contribution in [0.4, 0.5) is 0 Å². The molecule has 4 heteroatoms. The summed E-state index contributed by atoms with van der Waals surface area (Å²) in [5.74, 6) is 2.13. The number of carbonyl (C=O) groups is 2. The molecule has 2 fully saturated rings. The number of aliphatic hydroxyl groups is 1. The van der Waals surface area contributed by atoms with E-state index in [1.807, 2.05) is 6.08 Å². The number of hydrogen-bond donors (Lipinski definition) is 1. The zero-order valence-corrected chi connectivity index (χ0v) is 17.0. The van der Waals surface area contributed by atoms with Crippen LogP contribution in [-0.2, 0) is 14.3 Å². The molecule has 3 rings (SSSR count). The molecule has 0 radical (unpaired) electrons. The van der Waals surface area contributed by atoms with Gasteiger partial charge in [-0.25, -0.2) is 0 Å². The first-order chi connectivity index (χ1) is 13.0. The van der Waals surface area contributed by atoms with Gasteiger partial charge in [0.2, 0.25) is 0 Å². The van der Waals surface area contributed by atoms with Crippen molar-refractivity contribution < 1.29 is 19.4 Å². The molecule has 152 valence electrons. The standard InChI is InChI=1S/C23H36O4/c1-23-12-10-17(11-13-27-2)19(7-6-16-4-3-5-18(25)14-16)20(23)8-9-21(23)22(26)15-24/h14,17,19-21,24H,3-13,15H2,1-2H3/t17-,19-,20+,21-,23+/m1/s1. The Morgan fingerprint density at radius 1 is 1.26 bits per heavy atom. The molecule has 2 saturated carbocycles. The Morgan fingerprint density at radius 2 is 2.07 bits per heavy atom. The largest absolute Gasteiger partial charge is 0.389 e. The fraction of sp³-hybridized carbons (Fsp3) is 0.826. The maximum Gasteiger partial charge on any atom is 0.161 e. The number of allylic oxidation sites excluding steroid dienone is 2. The molecule has 1 N–H and O–H groups in total. The molecule has 0 amide bonds. The first-order valence-corrected chi connectivity index (χ1v) is 10.8. The molecule has 3 aliphatic carbocycles. The molecule has 0 unspecified atom stereocenters. The van der Waals surface area contributed by atoms with E-state index in [1.165, 1.54) is 5.57 Å². The van der Waals surface area contributed by atoms with E-state index in [1.54, 1.807) is 7.11 Å². The third-order valence-corrected chi connectivity index (χ3v) is 7.91. The zero-order chi connectivity index (χ0) is 19.4. The summed E-state index contributed by atoms with van der Waals surface area (Å²) in [6.45, 7) is 2.77. The number of fused-ring (bicyclic) bond motifs is 1. The Bertz CT molecular complexity index is 581. The Balaban J connectivity index is 1.75. The van der Waals surface area contributed by atoms with Crippen LogP contribution in [0, 0.1) is 29.1 Å². The highest BCUT2D eigenvalue weighted by atomic mass is 16.5. The summed E-state index contributed by atoms with van der Waals surface area (Å²) in [6, 6.07) is 0. The average molecular weight is 377 g/mol. The molecule has 0 aliphatic heterocycles. The van der Waals surface area contributed by atoms with Gasteiger partial charge in [-0.3, -0.25) is 9.59 Å². The van der Waals surface area contributed by atoms with Gasteiger partial charge in [-0.2, -0.15) is 0 Å². The minimum atomic E-state index is -0.320. The summed E-state index contributed by atoms with van der Waals surface area (Å²) in [4.78, 5) is 24.1. The topological polar surface area (TPSA) is 63.6 Å². The lowest BCUT2D eigenvalue weighted by atomic mass is 9.56. The van der Waals surface area contributed by atoms with Crippen molar-refractivity contribution in [2.75, 3.05) is 20.3 Å². The predicted octanol–water partition coefficient (Wildman–Crippen LogP) is 4.10. The van der Waals surface area contributed by atoms with Crippen molar-refractivity contribution in [2.24, 2.45) is 29.1 Å². The number of ether oxygens (including phenoxy) is 1. The maximum atomic E-state index is 12.4. The zero-order valence-electron chi connectivity index (χ0n) is 17.0. The van der Waals surface area contributed by atoms with E-state index in [2.05, 4.69) is 6.92 Å². The third kappa shape index (κ3) is 4.37. The van der Waals surface area contributed by atoms with Crippen LogP contribution in [0.1, 0.15) is 71.1 Å². The van der Waals surface area contributed by atoms with Crippen LogP contribution in [0.5, 0.6) is 0 Å². The first kappa shape index (κ1) is 20.7. The predicted molar refractivity (Wildman–Crippen MR) is 105 cm³/mol. The summed E-state index contributed by atoms with van der Waals surface area (Å²) in [5.41, 5.74) is 1.36. The molecule has 0 heterocycles. The number of ketones is 2. The number of carbonyl (C=O) groups excluding carboxylic acids is 2. The lowest BCUT2D eigenvalue weighted by Gasteiger charge is -2.49. The summed E-state index contributed by atoms with van der Waals surface area (Å²) in [5, 5.41) is 9.43. The van der Waals surface area contributed by atoms with Crippen LogP contribution in [0.2, 0.25) is 0 Å². The van der Waals surface area contributed by atoms with Crippen molar-refractivity contribution in [3.05, 3.63) is 11.6 Å². The monoisotopic (exact) mass is 376 g/mol. The SMILES string of the molecule is COCC[C@H]1CC[C@]2(C)[C@@H](C(=O)CO)CC[C@H]2[C@@H]1CCC1=CC(=O)CCC1. The van der Waals surface area contributed by atoms with Gasteiger partial charge in [0.1, 0.15) is 6.61 Å². The number of aliphatic hydroxyl groups excluding tert-OH is 1. The van der Waals surface area contributed by atoms with E-state index >= 15 is 0 Å². The smallest absolute Gasteiger partial charge is 0.161 e. The Morgan fingerprint density at radius 3 is 2.78 bits per heavy atom. The molecule has 0 aromatic heterocycles. The van der Waals surface area contributed by atoms with E-state index in [-0.39, 0.29) is 29.5 Å². The molecule has 5 atom stereocenters. The van der Waals surface area contributed by atoms with E-state index < -0.39 is 0 Å². The van der Waals surface area contributed by atoms with Gasteiger partial charge in [-0.05, 0) is 87.0 Å². The van der Waals surface area contributed by atoms with Gasteiger partial charge in [0.15, 0.2) is 11.6 Å². The van der Waals surface area contributed by atoms with Gasteiger partial charge in [0.05, 0.1) is 0 Å². The van der Waals surface area contributed by atoms with Crippen molar-refractivity contribution >= 4 is 11.6 Å². The summed E-state index contributed by atoms with van der Waals surface area (Å²) in [7, 11) is 1.77. The van der Waals surface area contributed by atoms with E-state index in [0.717, 1.165) is 64.4 Å². The molecule has 4 nitrogen and oxygen atoms in total. The molecule has 0 bridgehead atoms. The van der Waals surface area contributed by atoms with Crippen molar-refractivity contribution in [1.82, 2.24) is 0 Å². The number of hydrogen-bond acceptors (Lipinski definition) is 4. The molecule has 0 saturated heterocycles. The van der Waals surface area contributed by atoms with Crippen LogP contribution in [0.3, 0.4) is 0 Å². The van der Waals surface area contributed by atoms with Gasteiger partial charge in [0.25, 0.3) is 0 Å². The van der Waals surface area contributed by atoms with Gasteiger partial charge >= 0.3 is 0 Å². The van der Waals surface area contributed by atoms with E-state index in [9.17, 15) is 14.7 Å². The molecule has 0 aromatic carbocycles. The molecule has 0 spiro atoms. The number of methoxy groups -OCH3 is 1. The molecule has 3 aliphatic rings. The summed E-state index contributed by atoms with van der Waals surface area (Å²) >= 11 is 0. The van der Waals surface area contributed by atoms with Gasteiger partial charge < -0.3 is 9.84 Å². The quantitative estimate of drug-likeness (QED) is 0.693. The normalized spacial score (nSPS) is 36.4. The molecule has 0 aromatic rings. The Labute approximate surface area is 163 Å². The van der Waals surface area contributed by atoms with Crippen LogP contribution < -0.4 is 0 Å². The highest BCUT2D eigenvalue weighted by molar-refractivity contribution is 5.91. The van der Waals surface area contributed by atoms with Crippen LogP contribution in [-0.4, -0.2) is 37.0 Å². The number of rotatable bonds is 8. The van der Waals surface area contributed by atoms with Crippen LogP contribution in [0.15, 0.2) is 11.6 Å². The molecular formula is C23H36O4. The van der Waals surface area contributed by atoms with Gasteiger partial charge in [-0.1, -0.05) is 12.5 Å². The second kappa shape index (κ2) is 9.00. The summed E-state index contributed by atoms with van der Waals surface area (Å²) in [6.07, 6.45) is 12.1. The second-order valence-corrected chi connectivity index (χ2v) is 9.27. The molecular weight excluding hydrogens is 340 g/mol. The molecule has 27 heavy (non-hydrogen) atoms. The van der Waals surface area contributed by atoms with E-state index in [4.69, 9.17) is 4.74 Å². The van der Waals surface area contributed by atoms with Crippen molar-refractivity contribution in [1.29, 1.82) is 0 Å². The Kier molecular flexibility index (Phi) is 6.91. The minimum Gasteiger partial charge on any atom is -0.389 e. The average Bonchev–Trinajstić information content (AvgIpc) is 3.01. The number of Topliss-reactive ketones (excluding diaryl/α,β-unsaturated/α-hetero) is 1. The fourth-order valence-electron chi connectivity index (χ4n) is 6.48. The Hall–Kier alpha value is -1.00. The van der Waals surface area contributed by atoms with Gasteiger partial charge in [0, 0.05) is 26.1 Å². The first-order valence-electron chi connectivity index (χ1n) is 10.8. The second-order valence-electron chi connectivity index (χ2n) is 9.27. The lowest BCUT2D eigenvalue weighted by molar-refractivity contribution is -0.131. The van der Waals surface area contributed by atoms with Gasteiger partial charge in [-0.15, -0.1) is 0 Å². The van der Waals surface area contributed by atoms with Crippen LogP contribution in [0.25, 0.3) is 0 Å². The van der Waals surface area contributed by atoms with Crippen molar-refractivity contribution in [3.63, 3.8) is 0 Å². The maximum absolute atomic E-state index is 12.4. The van der Waals surface area contributed by atoms with Crippen molar-refractivity contribution in [3.8, 4) is 0 Å². The van der Waals surface area contributed by atoms with Crippen LogP contribution >= 0.6 is 0 Å². The lowest BCUT2D eigenvalue weighted by Crippen LogP contribution is -2.44. The third-order valence-electron chi connectivity index (χ3n) is 7.91. The van der Waals surface area contributed by atoms with E-state index in [0.29, 0.717) is 24.2 Å². The summed E-state index contributed by atoms with van der Waals surface area (Å²) < 4.78 is 5.37. The highest BCUT2D eigenvalue weighted by Gasteiger charge is 2.55.